The quantitative estimate of drug-likeness (QED) is 0.841. The second kappa shape index (κ2) is 7.50. The molecule has 106 valence electrons. The van der Waals surface area contributed by atoms with Crippen molar-refractivity contribution in [2.75, 3.05) is 6.61 Å². The Morgan fingerprint density at radius 2 is 2.11 bits per heavy atom. The first-order chi connectivity index (χ1) is 8.90. The third kappa shape index (κ3) is 5.61. The van der Waals surface area contributed by atoms with E-state index in [9.17, 15) is 4.79 Å². The van der Waals surface area contributed by atoms with Crippen LogP contribution in [0, 0.1) is 0 Å². The molecular weight excluding hydrogens is 308 g/mol. The van der Waals surface area contributed by atoms with Crippen LogP contribution in [0.4, 0.5) is 0 Å². The predicted molar refractivity (Wildman–Crippen MR) is 80.3 cm³/mol. The summed E-state index contributed by atoms with van der Waals surface area (Å²) in [5.41, 5.74) is 6.82. The molecule has 1 atom stereocenters. The lowest BCUT2D eigenvalue weighted by Gasteiger charge is -2.15. The van der Waals surface area contributed by atoms with Crippen LogP contribution in [-0.2, 0) is 11.2 Å². The fraction of sp³-hybridized carbons (Fsp3) is 0.500. The number of hydrogen-bond donors (Lipinski definition) is 2. The number of hydrogen-bond acceptors (Lipinski definition) is 3. The van der Waals surface area contributed by atoms with Gasteiger partial charge in [-0.3, -0.25) is 4.79 Å². The maximum Gasteiger partial charge on any atom is 0.258 e. The minimum absolute atomic E-state index is 0.00669. The highest BCUT2D eigenvalue weighted by atomic mass is 79.9. The Hall–Kier alpha value is -1.07. The van der Waals surface area contributed by atoms with Gasteiger partial charge in [-0.1, -0.05) is 12.1 Å². The Kier molecular flexibility index (Phi) is 6.31. The van der Waals surface area contributed by atoms with E-state index in [1.807, 2.05) is 39.0 Å². The van der Waals surface area contributed by atoms with E-state index < -0.39 is 0 Å². The van der Waals surface area contributed by atoms with Crippen LogP contribution < -0.4 is 15.8 Å². The first kappa shape index (κ1) is 16.0. The second-order valence-corrected chi connectivity index (χ2v) is 5.77. The monoisotopic (exact) mass is 328 g/mol. The summed E-state index contributed by atoms with van der Waals surface area (Å²) in [6, 6.07) is 5.94. The minimum atomic E-state index is -0.127. The van der Waals surface area contributed by atoms with E-state index in [4.69, 9.17) is 10.5 Å². The zero-order valence-corrected chi connectivity index (χ0v) is 13.2. The van der Waals surface area contributed by atoms with Crippen molar-refractivity contribution in [2.24, 2.45) is 5.73 Å². The van der Waals surface area contributed by atoms with Crippen LogP contribution >= 0.6 is 15.9 Å². The summed E-state index contributed by atoms with van der Waals surface area (Å²) in [4.78, 5) is 11.6. The van der Waals surface area contributed by atoms with Crippen LogP contribution in [0.3, 0.4) is 0 Å². The van der Waals surface area contributed by atoms with Crippen molar-refractivity contribution in [3.63, 3.8) is 0 Å². The number of carbonyl (C=O) groups excluding carboxylic acids is 1. The number of halogens is 1. The highest BCUT2D eigenvalue weighted by Gasteiger charge is 2.12. The van der Waals surface area contributed by atoms with E-state index in [0.29, 0.717) is 12.2 Å². The third-order valence-corrected chi connectivity index (χ3v) is 3.01. The van der Waals surface area contributed by atoms with Crippen LogP contribution in [0.1, 0.15) is 26.3 Å². The number of para-hydroxylation sites is 1. The molecule has 5 heteroatoms. The largest absolute Gasteiger partial charge is 0.482 e. The molecule has 0 spiro atoms. The van der Waals surface area contributed by atoms with Gasteiger partial charge < -0.3 is 15.8 Å². The van der Waals surface area contributed by atoms with Crippen molar-refractivity contribution >= 4 is 21.8 Å². The van der Waals surface area contributed by atoms with Gasteiger partial charge in [0.05, 0.1) is 4.47 Å². The van der Waals surface area contributed by atoms with E-state index in [0.717, 1.165) is 10.0 Å². The molecule has 1 aromatic carbocycles. The lowest BCUT2D eigenvalue weighted by atomic mass is 10.1. The Bertz CT molecular complexity index is 433. The predicted octanol–water partition coefficient (Wildman–Crippen LogP) is 2.24. The standard InChI is InChI=1S/C14H21BrN2O2/c1-9(2)17-13(18)8-19-14-11(7-10(3)16)5-4-6-12(14)15/h4-6,9-10H,7-8,16H2,1-3H3,(H,17,18). The summed E-state index contributed by atoms with van der Waals surface area (Å²) in [5.74, 6) is 0.566. The first-order valence-corrected chi connectivity index (χ1v) is 7.14. The Morgan fingerprint density at radius 1 is 1.42 bits per heavy atom. The summed E-state index contributed by atoms with van der Waals surface area (Å²) in [6.45, 7) is 5.78. The number of benzene rings is 1. The lowest BCUT2D eigenvalue weighted by molar-refractivity contribution is -0.123. The van der Waals surface area contributed by atoms with E-state index in [2.05, 4.69) is 21.2 Å². The average Bonchev–Trinajstić information content (AvgIpc) is 2.26. The molecule has 19 heavy (non-hydrogen) atoms. The summed E-state index contributed by atoms with van der Waals surface area (Å²) < 4.78 is 6.45. The van der Waals surface area contributed by atoms with Gasteiger partial charge in [0, 0.05) is 12.1 Å². The third-order valence-electron chi connectivity index (χ3n) is 2.39. The molecule has 1 amide bonds. The molecule has 0 heterocycles. The molecular formula is C14H21BrN2O2. The number of nitrogens with one attached hydrogen (secondary N) is 1. The van der Waals surface area contributed by atoms with Crippen LogP contribution in [0.25, 0.3) is 0 Å². The highest BCUT2D eigenvalue weighted by Crippen LogP contribution is 2.29. The van der Waals surface area contributed by atoms with Crippen molar-refractivity contribution in [1.82, 2.24) is 5.32 Å². The SMILES string of the molecule is CC(N)Cc1cccc(Br)c1OCC(=O)NC(C)C. The van der Waals surface area contributed by atoms with Gasteiger partial charge in [0.15, 0.2) is 6.61 Å². The number of ether oxygens (including phenoxy) is 1. The Labute approximate surface area is 122 Å². The Morgan fingerprint density at radius 3 is 2.68 bits per heavy atom. The Balaban J connectivity index is 2.73. The normalized spacial score (nSPS) is 12.3. The lowest BCUT2D eigenvalue weighted by Crippen LogP contribution is -2.34. The van der Waals surface area contributed by atoms with E-state index in [1.54, 1.807) is 0 Å². The molecule has 0 saturated carbocycles. The van der Waals surface area contributed by atoms with E-state index >= 15 is 0 Å². The summed E-state index contributed by atoms with van der Waals surface area (Å²) in [6.07, 6.45) is 0.709. The van der Waals surface area contributed by atoms with Crippen LogP contribution in [0.15, 0.2) is 22.7 Å². The number of amides is 1. The molecule has 1 rings (SSSR count). The van der Waals surface area contributed by atoms with Gasteiger partial charge in [-0.05, 0) is 54.8 Å². The molecule has 0 aliphatic carbocycles. The topological polar surface area (TPSA) is 64.3 Å². The molecule has 0 aromatic heterocycles. The van der Waals surface area contributed by atoms with Crippen molar-refractivity contribution in [3.05, 3.63) is 28.2 Å². The van der Waals surface area contributed by atoms with Gasteiger partial charge in [0.1, 0.15) is 5.75 Å². The van der Waals surface area contributed by atoms with Crippen molar-refractivity contribution in [1.29, 1.82) is 0 Å². The van der Waals surface area contributed by atoms with Crippen molar-refractivity contribution in [3.8, 4) is 5.75 Å². The zero-order valence-electron chi connectivity index (χ0n) is 11.6. The van der Waals surface area contributed by atoms with Gasteiger partial charge in [-0.2, -0.15) is 0 Å². The van der Waals surface area contributed by atoms with Crippen LogP contribution in [0.5, 0.6) is 5.75 Å². The summed E-state index contributed by atoms with van der Waals surface area (Å²) >= 11 is 3.44. The number of rotatable bonds is 6. The number of nitrogens with two attached hydrogens (primary N) is 1. The minimum Gasteiger partial charge on any atom is -0.482 e. The summed E-state index contributed by atoms with van der Waals surface area (Å²) in [7, 11) is 0. The highest BCUT2D eigenvalue weighted by molar-refractivity contribution is 9.10. The molecule has 1 aromatic rings. The van der Waals surface area contributed by atoms with Gasteiger partial charge in [0.2, 0.25) is 0 Å². The molecule has 4 nitrogen and oxygen atoms in total. The summed E-state index contributed by atoms with van der Waals surface area (Å²) in [5, 5.41) is 2.79. The molecule has 0 saturated heterocycles. The fourth-order valence-corrected chi connectivity index (χ4v) is 2.25. The first-order valence-electron chi connectivity index (χ1n) is 6.35. The van der Waals surface area contributed by atoms with Gasteiger partial charge in [-0.15, -0.1) is 0 Å². The van der Waals surface area contributed by atoms with Gasteiger partial charge in [0.25, 0.3) is 5.91 Å². The molecule has 0 bridgehead atoms. The fourth-order valence-electron chi connectivity index (χ4n) is 1.72. The molecule has 1 unspecified atom stereocenters. The van der Waals surface area contributed by atoms with E-state index in [1.165, 1.54) is 0 Å². The zero-order chi connectivity index (χ0) is 14.4. The molecule has 3 N–H and O–H groups in total. The van der Waals surface area contributed by atoms with Crippen LogP contribution in [-0.4, -0.2) is 24.6 Å². The van der Waals surface area contributed by atoms with Gasteiger partial charge >= 0.3 is 0 Å². The second-order valence-electron chi connectivity index (χ2n) is 4.92. The van der Waals surface area contributed by atoms with Crippen molar-refractivity contribution in [2.45, 2.75) is 39.3 Å². The van der Waals surface area contributed by atoms with Gasteiger partial charge in [-0.25, -0.2) is 0 Å². The smallest absolute Gasteiger partial charge is 0.258 e. The molecule has 0 aliphatic rings. The average molecular weight is 329 g/mol. The molecule has 0 fully saturated rings. The van der Waals surface area contributed by atoms with Crippen molar-refractivity contribution < 1.29 is 9.53 Å². The molecule has 0 aliphatic heterocycles. The molecule has 0 radical (unpaired) electrons. The van der Waals surface area contributed by atoms with Crippen LogP contribution in [0.2, 0.25) is 0 Å². The maximum atomic E-state index is 11.6. The number of carbonyl (C=O) groups is 1. The van der Waals surface area contributed by atoms with E-state index in [-0.39, 0.29) is 24.6 Å². The maximum absolute atomic E-state index is 11.6.